The van der Waals surface area contributed by atoms with Crippen molar-refractivity contribution in [3.8, 4) is 0 Å². The number of hydrogen-bond donors (Lipinski definition) is 1. The minimum absolute atomic E-state index is 0.00963. The quantitative estimate of drug-likeness (QED) is 0.324. The van der Waals surface area contributed by atoms with Crippen LogP contribution in [-0.2, 0) is 9.53 Å². The van der Waals surface area contributed by atoms with E-state index in [0.29, 0.717) is 11.8 Å². The van der Waals surface area contributed by atoms with Crippen molar-refractivity contribution in [3.63, 3.8) is 0 Å². The van der Waals surface area contributed by atoms with Crippen LogP contribution in [0.4, 0.5) is 0 Å². The molecule has 160 valence electrons. The zero-order valence-corrected chi connectivity index (χ0v) is 17.6. The maximum atomic E-state index is 10.8. The van der Waals surface area contributed by atoms with Crippen molar-refractivity contribution in [1.82, 2.24) is 0 Å². The van der Waals surface area contributed by atoms with Crippen LogP contribution in [0.2, 0.25) is 0 Å². The zero-order chi connectivity index (χ0) is 21.7. The van der Waals surface area contributed by atoms with Crippen molar-refractivity contribution in [1.29, 1.82) is 0 Å². The van der Waals surface area contributed by atoms with Crippen molar-refractivity contribution in [2.45, 2.75) is 73.5 Å². The zero-order valence-electron chi connectivity index (χ0n) is 17.6. The molecule has 27 heavy (non-hydrogen) atoms. The van der Waals surface area contributed by atoms with Crippen molar-refractivity contribution >= 4 is 5.97 Å². The van der Waals surface area contributed by atoms with Gasteiger partial charge in [0.25, 0.3) is 0 Å². The fourth-order valence-electron chi connectivity index (χ4n) is 2.82. The average molecular weight is 392 g/mol. The Balaban J connectivity index is 0. The summed E-state index contributed by atoms with van der Waals surface area (Å²) in [5.41, 5.74) is 0. The van der Waals surface area contributed by atoms with Gasteiger partial charge in [-0.25, -0.2) is 0 Å². The number of carbonyl (C=O) groups excluding carboxylic acids is 1. The van der Waals surface area contributed by atoms with Crippen LogP contribution in [0.3, 0.4) is 0 Å². The summed E-state index contributed by atoms with van der Waals surface area (Å²) in [5, 5.41) is 29.7. The Labute approximate surface area is 161 Å². The number of hydrogen-bond acceptors (Lipinski definition) is 7. The summed E-state index contributed by atoms with van der Waals surface area (Å²) in [6.45, 7) is 12.5. The lowest BCUT2D eigenvalue weighted by atomic mass is 9.94. The van der Waals surface area contributed by atoms with Crippen LogP contribution in [0.25, 0.3) is 0 Å². The normalized spacial score (nSPS) is 15.3. The Bertz CT molecular complexity index is 439. The van der Waals surface area contributed by atoms with Crippen LogP contribution in [0.5, 0.6) is 0 Å². The Hall–Kier alpha value is -1.77. The van der Waals surface area contributed by atoms with E-state index in [0.717, 1.165) is 12.8 Å². The minimum Gasteiger partial charge on any atom is -0.455 e. The Morgan fingerprint density at radius 3 is 1.63 bits per heavy atom. The molecule has 0 aliphatic carbocycles. The van der Waals surface area contributed by atoms with E-state index in [1.54, 1.807) is 0 Å². The molecular formula is C18H36N2O7. The molecule has 0 aromatic heterocycles. The summed E-state index contributed by atoms with van der Waals surface area (Å²) in [6, 6.07) is 0. The third kappa shape index (κ3) is 17.4. The average Bonchev–Trinajstić information content (AvgIpc) is 2.43. The van der Waals surface area contributed by atoms with Gasteiger partial charge in [-0.2, -0.15) is 0 Å². The van der Waals surface area contributed by atoms with Crippen LogP contribution in [0.15, 0.2) is 0 Å². The van der Waals surface area contributed by atoms with E-state index in [2.05, 4.69) is 0 Å². The summed E-state index contributed by atoms with van der Waals surface area (Å²) in [6.07, 6.45) is 0.225. The van der Waals surface area contributed by atoms with Crippen molar-refractivity contribution in [2.75, 3.05) is 13.1 Å². The molecule has 0 spiro atoms. The van der Waals surface area contributed by atoms with Gasteiger partial charge in [0, 0.05) is 16.8 Å². The van der Waals surface area contributed by atoms with Gasteiger partial charge in [-0.1, -0.05) is 41.5 Å². The topological polar surface area (TPSA) is 133 Å². The van der Waals surface area contributed by atoms with E-state index in [9.17, 15) is 30.1 Å². The predicted octanol–water partition coefficient (Wildman–Crippen LogP) is 3.18. The lowest BCUT2D eigenvalue weighted by Crippen LogP contribution is -2.32. The number of ether oxygens (including phenoxy) is 1. The maximum Gasteiger partial charge on any atom is 0.303 e. The second kappa shape index (κ2) is 14.3. The first kappa shape index (κ1) is 27.4. The highest BCUT2D eigenvalue weighted by Crippen LogP contribution is 2.18. The van der Waals surface area contributed by atoms with Crippen LogP contribution >= 0.6 is 0 Å². The molecule has 0 radical (unpaired) electrons. The molecule has 0 aliphatic rings. The first-order valence-electron chi connectivity index (χ1n) is 9.35. The second-order valence-electron chi connectivity index (χ2n) is 7.96. The van der Waals surface area contributed by atoms with E-state index < -0.39 is 28.0 Å². The lowest BCUT2D eigenvalue weighted by Gasteiger charge is -2.21. The molecule has 1 N–H and O–H groups in total. The SMILES string of the molecule is CC(=O)OC(C[N+](=O)[O-])C(C)CC(C)C.CC(C)CC(C)C(O)C[N+](=O)[O-]. The number of rotatable bonds is 11. The molecule has 9 nitrogen and oxygen atoms in total. The largest absolute Gasteiger partial charge is 0.455 e. The van der Waals surface area contributed by atoms with Crippen molar-refractivity contribution in [3.05, 3.63) is 20.2 Å². The summed E-state index contributed by atoms with van der Waals surface area (Å²) in [7, 11) is 0. The third-order valence-electron chi connectivity index (χ3n) is 3.96. The fourth-order valence-corrected chi connectivity index (χ4v) is 2.82. The molecule has 0 rings (SSSR count). The molecule has 4 atom stereocenters. The van der Waals surface area contributed by atoms with Gasteiger partial charge in [0.15, 0.2) is 6.10 Å². The maximum absolute atomic E-state index is 10.8. The van der Waals surface area contributed by atoms with E-state index in [1.807, 2.05) is 41.5 Å². The number of nitrogens with zero attached hydrogens (tertiary/aromatic N) is 2. The van der Waals surface area contributed by atoms with E-state index in [1.165, 1.54) is 6.92 Å². The molecule has 0 saturated carbocycles. The lowest BCUT2D eigenvalue weighted by molar-refractivity contribution is -0.492. The Kier molecular flexibility index (Phi) is 14.5. The molecule has 0 heterocycles. The highest BCUT2D eigenvalue weighted by atomic mass is 16.6. The third-order valence-corrected chi connectivity index (χ3v) is 3.96. The van der Waals surface area contributed by atoms with Crippen LogP contribution in [0, 0.1) is 43.9 Å². The van der Waals surface area contributed by atoms with Gasteiger partial charge in [0.1, 0.15) is 6.10 Å². The Morgan fingerprint density at radius 2 is 1.30 bits per heavy atom. The first-order chi connectivity index (χ1) is 12.3. The van der Waals surface area contributed by atoms with Gasteiger partial charge < -0.3 is 9.84 Å². The standard InChI is InChI=1S/C10H19NO4.C8H17NO3/c1-7(2)5-8(3)10(6-11(13)14)15-9(4)12;1-6(2)4-7(3)8(10)5-9(11)12/h7-8,10H,5-6H2,1-4H3;6-8,10H,4-5H2,1-3H3. The summed E-state index contributed by atoms with van der Waals surface area (Å²) in [4.78, 5) is 30.3. The van der Waals surface area contributed by atoms with Gasteiger partial charge in [-0.3, -0.25) is 25.0 Å². The van der Waals surface area contributed by atoms with Gasteiger partial charge in [0.2, 0.25) is 13.1 Å². The number of nitro groups is 2. The number of carbonyl (C=O) groups is 1. The number of aliphatic hydroxyl groups excluding tert-OH is 1. The van der Waals surface area contributed by atoms with Crippen LogP contribution in [0.1, 0.15) is 61.3 Å². The minimum atomic E-state index is -0.803. The highest BCUT2D eigenvalue weighted by molar-refractivity contribution is 5.66. The van der Waals surface area contributed by atoms with E-state index in [-0.39, 0.29) is 24.9 Å². The van der Waals surface area contributed by atoms with Crippen molar-refractivity contribution in [2.24, 2.45) is 23.7 Å². The van der Waals surface area contributed by atoms with Gasteiger partial charge in [0.05, 0.1) is 0 Å². The molecule has 0 fully saturated rings. The molecule has 0 saturated heterocycles. The van der Waals surface area contributed by atoms with Gasteiger partial charge in [-0.05, 0) is 36.5 Å². The summed E-state index contributed by atoms with van der Waals surface area (Å²) < 4.78 is 4.94. The van der Waals surface area contributed by atoms with E-state index >= 15 is 0 Å². The molecule has 0 bridgehead atoms. The highest BCUT2D eigenvalue weighted by Gasteiger charge is 2.26. The summed E-state index contributed by atoms with van der Waals surface area (Å²) in [5.74, 6) is 0.471. The monoisotopic (exact) mass is 392 g/mol. The molecule has 0 aliphatic heterocycles. The molecular weight excluding hydrogens is 356 g/mol. The molecule has 9 heteroatoms. The summed E-state index contributed by atoms with van der Waals surface area (Å²) >= 11 is 0. The molecule has 0 aromatic rings. The Morgan fingerprint density at radius 1 is 0.889 bits per heavy atom. The first-order valence-corrected chi connectivity index (χ1v) is 9.35. The predicted molar refractivity (Wildman–Crippen MR) is 103 cm³/mol. The van der Waals surface area contributed by atoms with Gasteiger partial charge in [-0.15, -0.1) is 0 Å². The second-order valence-corrected chi connectivity index (χ2v) is 7.96. The van der Waals surface area contributed by atoms with E-state index in [4.69, 9.17) is 4.74 Å². The number of aliphatic hydroxyl groups is 1. The van der Waals surface area contributed by atoms with Crippen LogP contribution in [-0.4, -0.2) is 46.2 Å². The fraction of sp³-hybridized carbons (Fsp3) is 0.944. The van der Waals surface area contributed by atoms with Crippen LogP contribution < -0.4 is 0 Å². The number of esters is 1. The molecule has 4 unspecified atom stereocenters. The molecule has 0 amide bonds. The molecule has 0 aromatic carbocycles. The van der Waals surface area contributed by atoms with Gasteiger partial charge >= 0.3 is 5.97 Å². The smallest absolute Gasteiger partial charge is 0.303 e. The van der Waals surface area contributed by atoms with Crippen molar-refractivity contribution < 1.29 is 24.5 Å².